The fraction of sp³-hybridized carbons (Fsp3) is 0.368. The number of halogens is 3. The van der Waals surface area contributed by atoms with Crippen LogP contribution in [0.25, 0.3) is 0 Å². The molecule has 150 valence electrons. The lowest BCUT2D eigenvalue weighted by molar-refractivity contribution is -0.367. The summed E-state index contributed by atoms with van der Waals surface area (Å²) in [5.74, 6) is 1.46. The summed E-state index contributed by atoms with van der Waals surface area (Å²) in [6.07, 6.45) is -3.42. The number of carbonyl (C=O) groups is 1. The summed E-state index contributed by atoms with van der Waals surface area (Å²) in [5.41, 5.74) is -0.283. The zero-order valence-corrected chi connectivity index (χ0v) is 15.5. The quantitative estimate of drug-likeness (QED) is 0.797. The number of alkyl halides is 3. The van der Waals surface area contributed by atoms with Gasteiger partial charge in [0.05, 0.1) is 38.4 Å². The molecule has 1 amide bonds. The Hall–Kier alpha value is -2.97. The summed E-state index contributed by atoms with van der Waals surface area (Å²) in [6.45, 7) is 1.91. The van der Waals surface area contributed by atoms with Crippen LogP contribution >= 0.6 is 0 Å². The third-order valence-corrected chi connectivity index (χ3v) is 4.67. The Morgan fingerprint density at radius 2 is 1.75 bits per heavy atom. The lowest BCUT2D eigenvalue weighted by Crippen LogP contribution is -2.50. The summed E-state index contributed by atoms with van der Waals surface area (Å²) in [5, 5.41) is 0. The number of hydrogen-bond acceptors (Lipinski definition) is 4. The molecule has 3 rings (SSSR count). The molecule has 0 aliphatic carbocycles. The minimum atomic E-state index is -4.38. The summed E-state index contributed by atoms with van der Waals surface area (Å²) >= 11 is 0. The lowest BCUT2D eigenvalue weighted by Gasteiger charge is -2.31. The van der Waals surface area contributed by atoms with Crippen LogP contribution < -0.4 is 19.4 Å². The zero-order chi connectivity index (χ0) is 20.3. The third-order valence-electron chi connectivity index (χ3n) is 4.67. The van der Waals surface area contributed by atoms with Crippen molar-refractivity contribution in [3.63, 3.8) is 0 Å². The molecule has 0 atom stereocenters. The summed E-state index contributed by atoms with van der Waals surface area (Å²) in [6, 6.07) is 7.47. The van der Waals surface area contributed by atoms with E-state index in [1.165, 1.54) is 20.3 Å². The maximum Gasteiger partial charge on any atom is 0.419 e. The molecule has 0 saturated carbocycles. The van der Waals surface area contributed by atoms with Gasteiger partial charge in [-0.2, -0.15) is 13.2 Å². The van der Waals surface area contributed by atoms with Crippen LogP contribution in [0.3, 0.4) is 0 Å². The van der Waals surface area contributed by atoms with Gasteiger partial charge in [-0.05, 0) is 18.2 Å². The number of nitrogens with one attached hydrogen (secondary N) is 1. The fourth-order valence-electron chi connectivity index (χ4n) is 3.09. The van der Waals surface area contributed by atoms with Gasteiger partial charge < -0.3 is 14.4 Å². The molecule has 0 spiro atoms. The van der Waals surface area contributed by atoms with Gasteiger partial charge in [-0.15, -0.1) is 0 Å². The largest absolute Gasteiger partial charge is 0.497 e. The molecule has 0 bridgehead atoms. The molecule has 9 heteroatoms. The van der Waals surface area contributed by atoms with Crippen LogP contribution in [0.4, 0.5) is 19.0 Å². The highest BCUT2D eigenvalue weighted by Crippen LogP contribution is 2.29. The number of amides is 1. The van der Waals surface area contributed by atoms with Crippen molar-refractivity contribution in [3.8, 4) is 11.5 Å². The van der Waals surface area contributed by atoms with E-state index in [0.717, 1.165) is 12.3 Å². The van der Waals surface area contributed by atoms with Gasteiger partial charge in [0.15, 0.2) is 0 Å². The fourth-order valence-corrected chi connectivity index (χ4v) is 3.09. The van der Waals surface area contributed by atoms with Crippen molar-refractivity contribution < 1.29 is 32.4 Å². The molecule has 28 heavy (non-hydrogen) atoms. The van der Waals surface area contributed by atoms with Crippen LogP contribution in [0.1, 0.15) is 15.9 Å². The SMILES string of the molecule is COc1ccc(C(=O)N2CCN(c3ccc(C(F)(F)F)c[nH+]3)CC2)c(OC)c1. The van der Waals surface area contributed by atoms with E-state index in [2.05, 4.69) is 4.98 Å². The molecule has 6 nitrogen and oxygen atoms in total. The number of anilines is 1. The Morgan fingerprint density at radius 3 is 2.29 bits per heavy atom. The first-order chi connectivity index (χ1) is 13.3. The Kier molecular flexibility index (Phi) is 5.62. The van der Waals surface area contributed by atoms with Crippen LogP contribution in [0, 0.1) is 0 Å². The molecule has 1 N–H and O–H groups in total. The van der Waals surface area contributed by atoms with E-state index in [0.29, 0.717) is 49.1 Å². The summed E-state index contributed by atoms with van der Waals surface area (Å²) < 4.78 is 48.5. The topological polar surface area (TPSA) is 56.2 Å². The second-order valence-corrected chi connectivity index (χ2v) is 6.31. The van der Waals surface area contributed by atoms with Crippen LogP contribution in [-0.4, -0.2) is 51.2 Å². The van der Waals surface area contributed by atoms with Gasteiger partial charge in [-0.3, -0.25) is 9.69 Å². The molecule has 1 aliphatic heterocycles. The Labute approximate surface area is 160 Å². The Bertz CT molecular complexity index is 833. The first-order valence-corrected chi connectivity index (χ1v) is 8.68. The number of nitrogens with zero attached hydrogens (tertiary/aromatic N) is 2. The number of H-pyrrole nitrogens is 1. The second kappa shape index (κ2) is 7.95. The predicted octanol–water partition coefficient (Wildman–Crippen LogP) is 2.50. The summed E-state index contributed by atoms with van der Waals surface area (Å²) in [7, 11) is 3.03. The van der Waals surface area contributed by atoms with E-state index >= 15 is 0 Å². The van der Waals surface area contributed by atoms with E-state index < -0.39 is 11.7 Å². The van der Waals surface area contributed by atoms with Gasteiger partial charge in [-0.1, -0.05) is 0 Å². The van der Waals surface area contributed by atoms with E-state index in [1.54, 1.807) is 23.1 Å². The molecule has 0 radical (unpaired) electrons. The molecule has 2 heterocycles. The number of aromatic nitrogens is 1. The van der Waals surface area contributed by atoms with Crippen LogP contribution in [0.15, 0.2) is 36.5 Å². The first kappa shape index (κ1) is 19.8. The van der Waals surface area contributed by atoms with Crippen molar-refractivity contribution >= 4 is 11.7 Å². The van der Waals surface area contributed by atoms with Gasteiger partial charge >= 0.3 is 6.18 Å². The van der Waals surface area contributed by atoms with Crippen molar-refractivity contribution in [2.75, 3.05) is 45.3 Å². The average molecular weight is 396 g/mol. The molecular weight excluding hydrogens is 375 g/mol. The number of aromatic amines is 1. The van der Waals surface area contributed by atoms with Crippen LogP contribution in [-0.2, 0) is 6.18 Å². The molecule has 1 fully saturated rings. The van der Waals surface area contributed by atoms with Gasteiger partial charge in [0.25, 0.3) is 11.7 Å². The third kappa shape index (κ3) is 4.13. The number of ether oxygens (including phenoxy) is 2. The molecule has 1 saturated heterocycles. The maximum absolute atomic E-state index is 12.8. The highest BCUT2D eigenvalue weighted by molar-refractivity contribution is 5.97. The van der Waals surface area contributed by atoms with E-state index in [1.807, 2.05) is 4.90 Å². The van der Waals surface area contributed by atoms with Crippen molar-refractivity contribution in [2.24, 2.45) is 0 Å². The molecule has 1 aromatic carbocycles. The Morgan fingerprint density at radius 1 is 1.04 bits per heavy atom. The van der Waals surface area contributed by atoms with E-state index in [-0.39, 0.29) is 5.91 Å². The number of rotatable bonds is 4. The lowest BCUT2D eigenvalue weighted by atomic mass is 10.1. The highest BCUT2D eigenvalue weighted by atomic mass is 19.4. The number of carbonyl (C=O) groups excluding carboxylic acids is 1. The van der Waals surface area contributed by atoms with Crippen molar-refractivity contribution in [1.82, 2.24) is 4.90 Å². The maximum atomic E-state index is 12.8. The van der Waals surface area contributed by atoms with Crippen molar-refractivity contribution in [1.29, 1.82) is 0 Å². The van der Waals surface area contributed by atoms with E-state index in [9.17, 15) is 18.0 Å². The van der Waals surface area contributed by atoms with Gasteiger partial charge in [0, 0.05) is 12.1 Å². The minimum Gasteiger partial charge on any atom is -0.497 e. The molecule has 1 aromatic heterocycles. The highest BCUT2D eigenvalue weighted by Gasteiger charge is 2.33. The van der Waals surface area contributed by atoms with Crippen molar-refractivity contribution in [2.45, 2.75) is 6.18 Å². The number of methoxy groups -OCH3 is 2. The minimum absolute atomic E-state index is 0.157. The van der Waals surface area contributed by atoms with Gasteiger partial charge in [0.1, 0.15) is 30.8 Å². The standard InChI is InChI=1S/C19H20F3N3O3/c1-27-14-4-5-15(16(11-14)28-2)18(26)25-9-7-24(8-10-25)17-6-3-13(12-23-17)19(20,21)22/h3-6,11-12H,7-10H2,1-2H3/p+1. The predicted molar refractivity (Wildman–Crippen MR) is 95.7 cm³/mol. The average Bonchev–Trinajstić information content (AvgIpc) is 2.72. The Balaban J connectivity index is 1.66. The second-order valence-electron chi connectivity index (χ2n) is 6.31. The van der Waals surface area contributed by atoms with Gasteiger partial charge in [0.2, 0.25) is 0 Å². The van der Waals surface area contributed by atoms with Crippen molar-refractivity contribution in [3.05, 3.63) is 47.7 Å². The number of pyridine rings is 1. The first-order valence-electron chi connectivity index (χ1n) is 8.68. The zero-order valence-electron chi connectivity index (χ0n) is 15.5. The summed E-state index contributed by atoms with van der Waals surface area (Å²) in [4.78, 5) is 19.1. The van der Waals surface area contributed by atoms with E-state index in [4.69, 9.17) is 9.47 Å². The monoisotopic (exact) mass is 396 g/mol. The normalized spacial score (nSPS) is 14.8. The van der Waals surface area contributed by atoms with Gasteiger partial charge in [-0.25, -0.2) is 4.98 Å². The molecule has 0 unspecified atom stereocenters. The van der Waals surface area contributed by atoms with Crippen LogP contribution in [0.5, 0.6) is 11.5 Å². The number of benzene rings is 1. The number of hydrogen-bond donors (Lipinski definition) is 0. The smallest absolute Gasteiger partial charge is 0.419 e. The molecular formula is C19H21F3N3O3+. The molecule has 2 aromatic rings. The molecule has 1 aliphatic rings. The van der Waals surface area contributed by atoms with Crippen LogP contribution in [0.2, 0.25) is 0 Å². The number of piperazine rings is 1.